The Kier molecular flexibility index (Phi) is 10.9. The van der Waals surface area contributed by atoms with Gasteiger partial charge in [0, 0.05) is 32.0 Å². The largest absolute Gasteiger partial charge is 0.494 e. The number of aromatic nitrogens is 2. The Hall–Kier alpha value is -4.40. The van der Waals surface area contributed by atoms with Crippen molar-refractivity contribution in [3.63, 3.8) is 0 Å². The number of benzene rings is 4. The molecule has 9 heteroatoms. The molecule has 1 N–H and O–H groups in total. The smallest absolute Gasteiger partial charge is 0.417 e. The average molecular weight is 645 g/mol. The molecule has 0 aliphatic rings. The zero-order valence-corrected chi connectivity index (χ0v) is 26.3. The van der Waals surface area contributed by atoms with E-state index in [0.29, 0.717) is 37.6 Å². The highest BCUT2D eigenvalue weighted by Crippen LogP contribution is 2.40. The second kappa shape index (κ2) is 15.3. The molecule has 1 aromatic heterocycles. The lowest BCUT2D eigenvalue weighted by atomic mass is 9.82. The van der Waals surface area contributed by atoms with Gasteiger partial charge in [-0.15, -0.1) is 0 Å². The first-order valence-electron chi connectivity index (χ1n) is 15.2. The fourth-order valence-corrected chi connectivity index (χ4v) is 5.88. The number of halogens is 4. The highest BCUT2D eigenvalue weighted by Gasteiger charge is 2.37. The number of nitrogens with zero attached hydrogens (tertiary/aromatic N) is 3. The Morgan fingerprint density at radius 2 is 1.46 bits per heavy atom. The third-order valence-electron chi connectivity index (χ3n) is 8.05. The summed E-state index contributed by atoms with van der Waals surface area (Å²) in [5.41, 5.74) is 2.07. The third kappa shape index (κ3) is 8.24. The Labute approximate surface area is 273 Å². The lowest BCUT2D eigenvalue weighted by Crippen LogP contribution is -2.45. The fraction of sp³-hybridized carbons (Fsp3) is 0.243. The van der Waals surface area contributed by atoms with Crippen LogP contribution in [-0.4, -0.2) is 34.6 Å². The van der Waals surface area contributed by atoms with Gasteiger partial charge in [0.2, 0.25) is 5.95 Å². The van der Waals surface area contributed by atoms with Gasteiger partial charge in [-0.3, -0.25) is 4.90 Å². The van der Waals surface area contributed by atoms with Crippen LogP contribution in [0.25, 0.3) is 0 Å². The van der Waals surface area contributed by atoms with Gasteiger partial charge in [0.25, 0.3) is 0 Å². The van der Waals surface area contributed by atoms with Gasteiger partial charge in [-0.25, -0.2) is 9.97 Å². The van der Waals surface area contributed by atoms with Crippen LogP contribution in [0.1, 0.15) is 41.2 Å². The van der Waals surface area contributed by atoms with Crippen molar-refractivity contribution >= 4 is 17.5 Å². The Balaban J connectivity index is 1.34. The summed E-state index contributed by atoms with van der Waals surface area (Å²) in [6.45, 7) is 3.95. The van der Waals surface area contributed by atoms with Crippen molar-refractivity contribution in [2.45, 2.75) is 38.0 Å². The number of nitrogens with one attached hydrogen (secondary N) is 1. The van der Waals surface area contributed by atoms with E-state index in [2.05, 4.69) is 51.4 Å². The Morgan fingerprint density at radius 3 is 2.11 bits per heavy atom. The number of anilines is 1. The van der Waals surface area contributed by atoms with E-state index in [1.807, 2.05) is 60.7 Å². The number of hydrogen-bond acceptors (Lipinski definition) is 5. The number of rotatable bonds is 14. The summed E-state index contributed by atoms with van der Waals surface area (Å²) < 4.78 is 47.5. The molecular weight excluding hydrogens is 609 g/mol. The highest BCUT2D eigenvalue weighted by molar-refractivity contribution is 6.32. The van der Waals surface area contributed by atoms with Crippen molar-refractivity contribution in [1.29, 1.82) is 0 Å². The van der Waals surface area contributed by atoms with Crippen LogP contribution >= 0.6 is 11.6 Å². The summed E-state index contributed by atoms with van der Waals surface area (Å²) in [5, 5.41) is 2.94. The van der Waals surface area contributed by atoms with Crippen molar-refractivity contribution in [2.24, 2.45) is 0 Å². The van der Waals surface area contributed by atoms with Gasteiger partial charge in [0.15, 0.2) is 0 Å². The molecule has 238 valence electrons. The van der Waals surface area contributed by atoms with Gasteiger partial charge in [-0.2, -0.15) is 13.2 Å². The van der Waals surface area contributed by atoms with E-state index in [4.69, 9.17) is 16.3 Å². The maximum Gasteiger partial charge on any atom is 0.417 e. The molecule has 5 rings (SSSR count). The molecule has 0 radical (unpaired) electrons. The number of alkyl halides is 3. The van der Waals surface area contributed by atoms with Crippen LogP contribution in [0.5, 0.6) is 5.75 Å². The first-order chi connectivity index (χ1) is 22.2. The predicted octanol–water partition coefficient (Wildman–Crippen LogP) is 9.04. The molecule has 0 atom stereocenters. The van der Waals surface area contributed by atoms with Gasteiger partial charge in [-0.05, 0) is 66.3 Å². The van der Waals surface area contributed by atoms with E-state index in [9.17, 15) is 13.2 Å². The monoisotopic (exact) mass is 644 g/mol. The van der Waals surface area contributed by atoms with Crippen LogP contribution in [0, 0.1) is 0 Å². The van der Waals surface area contributed by atoms with Crippen LogP contribution in [-0.2, 0) is 24.7 Å². The lowest BCUT2D eigenvalue weighted by molar-refractivity contribution is -0.137. The van der Waals surface area contributed by atoms with Crippen molar-refractivity contribution in [1.82, 2.24) is 14.9 Å². The zero-order chi connectivity index (χ0) is 32.4. The van der Waals surface area contributed by atoms with Crippen LogP contribution in [0.15, 0.2) is 122 Å². The van der Waals surface area contributed by atoms with Crippen molar-refractivity contribution in [2.75, 3.05) is 25.0 Å². The molecule has 0 unspecified atom stereocenters. The van der Waals surface area contributed by atoms with E-state index in [0.717, 1.165) is 34.9 Å². The van der Waals surface area contributed by atoms with Crippen molar-refractivity contribution < 1.29 is 17.9 Å². The minimum Gasteiger partial charge on any atom is -0.494 e. The highest BCUT2D eigenvalue weighted by atomic mass is 35.5. The van der Waals surface area contributed by atoms with Crippen LogP contribution in [0.2, 0.25) is 5.02 Å². The summed E-state index contributed by atoms with van der Waals surface area (Å²) in [6, 6.07) is 33.9. The standard InChI is InChI=1S/C37H36ClF3N4O/c1-36(30-14-4-2-5-15-30,31-16-6-3-7-17-31)45(27-29-13-9-19-33(34(29)38)37(39,40)41)24-11-25-46-32-18-8-12-28(26-32)20-23-44-35-42-21-10-22-43-35/h2-10,12-19,21-22,26H,11,20,23-25,27H2,1H3,(H,42,43,44). The molecular formula is C37H36ClF3N4O. The molecule has 0 fully saturated rings. The predicted molar refractivity (Wildman–Crippen MR) is 177 cm³/mol. The quantitative estimate of drug-likeness (QED) is 0.122. The molecule has 1 heterocycles. The molecule has 0 amide bonds. The topological polar surface area (TPSA) is 50.3 Å². The van der Waals surface area contributed by atoms with E-state index < -0.39 is 17.3 Å². The van der Waals surface area contributed by atoms with Gasteiger partial charge >= 0.3 is 6.18 Å². The Bertz CT molecular complexity index is 1630. The molecule has 5 aromatic rings. The van der Waals surface area contributed by atoms with Crippen LogP contribution in [0.3, 0.4) is 0 Å². The minimum atomic E-state index is -4.55. The van der Waals surface area contributed by atoms with Gasteiger partial charge in [0.05, 0.1) is 22.7 Å². The molecule has 0 bridgehead atoms. The number of hydrogen-bond donors (Lipinski definition) is 1. The molecule has 4 aromatic carbocycles. The SMILES string of the molecule is CC(c1ccccc1)(c1ccccc1)N(CCCOc1cccc(CCNc2ncccn2)c1)Cc1cccc(C(F)(F)F)c1Cl. The first kappa shape index (κ1) is 33.0. The van der Waals surface area contributed by atoms with Crippen LogP contribution < -0.4 is 10.1 Å². The lowest BCUT2D eigenvalue weighted by Gasteiger charge is -2.43. The zero-order valence-electron chi connectivity index (χ0n) is 25.6. The molecule has 0 saturated heterocycles. The summed E-state index contributed by atoms with van der Waals surface area (Å²) in [4.78, 5) is 10.6. The summed E-state index contributed by atoms with van der Waals surface area (Å²) in [6.07, 6.45) is 0.243. The normalized spacial score (nSPS) is 11.9. The molecule has 0 spiro atoms. The first-order valence-corrected chi connectivity index (χ1v) is 15.6. The molecule has 0 aliphatic heterocycles. The van der Waals surface area contributed by atoms with E-state index in [-0.39, 0.29) is 11.6 Å². The van der Waals surface area contributed by atoms with Crippen molar-refractivity contribution in [3.05, 3.63) is 154 Å². The van der Waals surface area contributed by atoms with Gasteiger partial charge in [0.1, 0.15) is 5.75 Å². The van der Waals surface area contributed by atoms with Crippen molar-refractivity contribution in [3.8, 4) is 5.75 Å². The molecule has 0 saturated carbocycles. The molecule has 0 aliphatic carbocycles. The van der Waals surface area contributed by atoms with E-state index >= 15 is 0 Å². The fourth-order valence-electron chi connectivity index (χ4n) is 5.59. The third-order valence-corrected chi connectivity index (χ3v) is 8.50. The second-order valence-electron chi connectivity index (χ2n) is 11.1. The number of ether oxygens (including phenoxy) is 1. The maximum atomic E-state index is 13.8. The van der Waals surface area contributed by atoms with Gasteiger partial charge < -0.3 is 10.1 Å². The van der Waals surface area contributed by atoms with Crippen LogP contribution in [0.4, 0.5) is 19.1 Å². The summed E-state index contributed by atoms with van der Waals surface area (Å²) in [7, 11) is 0. The van der Waals surface area contributed by atoms with E-state index in [1.54, 1.807) is 24.5 Å². The molecule has 46 heavy (non-hydrogen) atoms. The summed E-state index contributed by atoms with van der Waals surface area (Å²) in [5.74, 6) is 1.35. The van der Waals surface area contributed by atoms with Gasteiger partial charge in [-0.1, -0.05) is 96.5 Å². The molecule has 5 nitrogen and oxygen atoms in total. The maximum absolute atomic E-state index is 13.8. The average Bonchev–Trinajstić information content (AvgIpc) is 3.07. The summed E-state index contributed by atoms with van der Waals surface area (Å²) >= 11 is 6.42. The van der Waals surface area contributed by atoms with E-state index in [1.165, 1.54) is 6.07 Å². The Morgan fingerprint density at radius 1 is 0.804 bits per heavy atom. The second-order valence-corrected chi connectivity index (χ2v) is 11.5. The minimum absolute atomic E-state index is 0.205.